The molecular weight excluding hydrogens is 415 g/mol. The molecule has 10 heteroatoms. The van der Waals surface area contributed by atoms with Crippen LogP contribution in [0.3, 0.4) is 0 Å². The van der Waals surface area contributed by atoms with Gasteiger partial charge in [-0.15, -0.1) is 0 Å². The lowest BCUT2D eigenvalue weighted by atomic mass is 10.3. The van der Waals surface area contributed by atoms with E-state index in [9.17, 15) is 22.4 Å². The van der Waals surface area contributed by atoms with Crippen LogP contribution in [0.2, 0.25) is 0 Å². The van der Waals surface area contributed by atoms with Crippen LogP contribution in [0.1, 0.15) is 12.8 Å². The zero-order valence-corrected chi connectivity index (χ0v) is 16.9. The van der Waals surface area contributed by atoms with Crippen LogP contribution >= 0.6 is 0 Å². The fraction of sp³-hybridized carbons (Fsp3) is 0.300. The standard InChI is InChI=1S/C20H21FN2O6S/c21-15-4-3-5-17(12-15)28-14-20(25)29-13-19(24)22-16-6-8-18(9-7-16)30(26,27)23-10-1-2-11-23/h3-9,12H,1-2,10-11,13-14H2,(H,22,24). The first-order valence-electron chi connectivity index (χ1n) is 9.29. The van der Waals surface area contributed by atoms with Crippen molar-refractivity contribution in [3.63, 3.8) is 0 Å². The number of anilines is 1. The molecule has 1 saturated heterocycles. The molecule has 1 aliphatic rings. The number of rotatable bonds is 8. The highest BCUT2D eigenvalue weighted by molar-refractivity contribution is 7.89. The number of nitrogens with one attached hydrogen (secondary N) is 1. The summed E-state index contributed by atoms with van der Waals surface area (Å²) in [6.45, 7) is 0.00317. The van der Waals surface area contributed by atoms with Crippen molar-refractivity contribution in [1.82, 2.24) is 4.31 Å². The number of sulfonamides is 1. The number of halogens is 1. The van der Waals surface area contributed by atoms with Crippen LogP contribution < -0.4 is 10.1 Å². The van der Waals surface area contributed by atoms with Crippen LogP contribution in [0.25, 0.3) is 0 Å². The Balaban J connectivity index is 1.45. The third-order valence-electron chi connectivity index (χ3n) is 4.36. The Morgan fingerprint density at radius 1 is 1.03 bits per heavy atom. The molecule has 3 rings (SSSR count). The summed E-state index contributed by atoms with van der Waals surface area (Å²) in [6, 6.07) is 11.1. The average Bonchev–Trinajstić information content (AvgIpc) is 3.27. The van der Waals surface area contributed by atoms with Crippen molar-refractivity contribution in [2.24, 2.45) is 0 Å². The van der Waals surface area contributed by atoms with Crippen molar-refractivity contribution in [3.05, 3.63) is 54.3 Å². The van der Waals surface area contributed by atoms with Gasteiger partial charge in [0.1, 0.15) is 11.6 Å². The van der Waals surface area contributed by atoms with Gasteiger partial charge in [0, 0.05) is 24.8 Å². The molecule has 0 atom stereocenters. The third-order valence-corrected chi connectivity index (χ3v) is 6.27. The minimum atomic E-state index is -3.52. The molecule has 0 bridgehead atoms. The lowest BCUT2D eigenvalue weighted by Gasteiger charge is -2.15. The number of hydrogen-bond donors (Lipinski definition) is 1. The monoisotopic (exact) mass is 436 g/mol. The smallest absolute Gasteiger partial charge is 0.344 e. The van der Waals surface area contributed by atoms with Crippen molar-refractivity contribution in [1.29, 1.82) is 0 Å². The molecule has 1 amide bonds. The van der Waals surface area contributed by atoms with E-state index in [1.165, 1.54) is 46.8 Å². The summed E-state index contributed by atoms with van der Waals surface area (Å²) in [4.78, 5) is 23.7. The minimum Gasteiger partial charge on any atom is -0.482 e. The summed E-state index contributed by atoms with van der Waals surface area (Å²) in [5, 5.41) is 2.51. The lowest BCUT2D eigenvalue weighted by molar-refractivity contribution is -0.149. The van der Waals surface area contributed by atoms with E-state index in [1.807, 2.05) is 0 Å². The zero-order valence-electron chi connectivity index (χ0n) is 16.0. The van der Waals surface area contributed by atoms with Gasteiger partial charge >= 0.3 is 5.97 Å². The van der Waals surface area contributed by atoms with Crippen molar-refractivity contribution in [2.75, 3.05) is 31.6 Å². The van der Waals surface area contributed by atoms with Gasteiger partial charge in [0.2, 0.25) is 10.0 Å². The van der Waals surface area contributed by atoms with E-state index < -0.39 is 40.9 Å². The SMILES string of the molecule is O=C(COC(=O)COc1cccc(F)c1)Nc1ccc(S(=O)(=O)N2CCCC2)cc1. The summed E-state index contributed by atoms with van der Waals surface area (Å²) in [7, 11) is -3.52. The Bertz CT molecular complexity index is 1000. The predicted molar refractivity (Wildman–Crippen MR) is 106 cm³/mol. The third kappa shape index (κ3) is 5.77. The van der Waals surface area contributed by atoms with E-state index in [4.69, 9.17) is 9.47 Å². The first kappa shape index (κ1) is 21.7. The molecule has 1 heterocycles. The van der Waals surface area contributed by atoms with Gasteiger partial charge in [-0.1, -0.05) is 6.07 Å². The van der Waals surface area contributed by atoms with Gasteiger partial charge in [0.15, 0.2) is 13.2 Å². The van der Waals surface area contributed by atoms with Crippen LogP contribution in [0.5, 0.6) is 5.75 Å². The maximum absolute atomic E-state index is 13.0. The summed E-state index contributed by atoms with van der Waals surface area (Å²) in [5.74, 6) is -1.72. The zero-order chi connectivity index (χ0) is 21.6. The first-order valence-corrected chi connectivity index (χ1v) is 10.7. The largest absolute Gasteiger partial charge is 0.482 e. The minimum absolute atomic E-state index is 0.156. The van der Waals surface area contributed by atoms with Gasteiger partial charge in [-0.05, 0) is 49.2 Å². The van der Waals surface area contributed by atoms with Crippen LogP contribution in [0, 0.1) is 5.82 Å². The molecule has 0 aliphatic carbocycles. The van der Waals surface area contributed by atoms with E-state index in [0.29, 0.717) is 18.8 Å². The van der Waals surface area contributed by atoms with Crippen LogP contribution in [0.15, 0.2) is 53.4 Å². The molecule has 160 valence electrons. The van der Waals surface area contributed by atoms with Crippen molar-refractivity contribution < 1.29 is 31.9 Å². The molecule has 0 radical (unpaired) electrons. The molecule has 1 N–H and O–H groups in total. The Labute approximate surface area is 173 Å². The van der Waals surface area contributed by atoms with Gasteiger partial charge in [-0.3, -0.25) is 4.79 Å². The summed E-state index contributed by atoms with van der Waals surface area (Å²) < 4.78 is 49.3. The number of carbonyl (C=O) groups excluding carboxylic acids is 2. The van der Waals surface area contributed by atoms with E-state index in [2.05, 4.69) is 5.32 Å². The van der Waals surface area contributed by atoms with Gasteiger partial charge in [0.05, 0.1) is 4.90 Å². The molecule has 1 fully saturated rings. The van der Waals surface area contributed by atoms with Crippen LogP contribution in [-0.2, 0) is 24.3 Å². The fourth-order valence-electron chi connectivity index (χ4n) is 2.87. The number of hydrogen-bond acceptors (Lipinski definition) is 6. The van der Waals surface area contributed by atoms with E-state index >= 15 is 0 Å². The normalized spacial score (nSPS) is 14.3. The number of esters is 1. The molecule has 2 aromatic rings. The maximum Gasteiger partial charge on any atom is 0.344 e. The number of nitrogens with zero attached hydrogens (tertiary/aromatic N) is 1. The molecule has 1 aliphatic heterocycles. The van der Waals surface area contributed by atoms with Crippen molar-refractivity contribution >= 4 is 27.6 Å². The van der Waals surface area contributed by atoms with E-state index in [0.717, 1.165) is 18.9 Å². The Morgan fingerprint density at radius 2 is 1.73 bits per heavy atom. The maximum atomic E-state index is 13.0. The van der Waals surface area contributed by atoms with Crippen molar-refractivity contribution in [3.8, 4) is 5.75 Å². The number of benzene rings is 2. The van der Waals surface area contributed by atoms with Gasteiger partial charge in [-0.25, -0.2) is 17.6 Å². The highest BCUT2D eigenvalue weighted by atomic mass is 32.2. The van der Waals surface area contributed by atoms with Crippen molar-refractivity contribution in [2.45, 2.75) is 17.7 Å². The first-order chi connectivity index (χ1) is 14.3. The van der Waals surface area contributed by atoms with Crippen LogP contribution in [-0.4, -0.2) is 50.9 Å². The van der Waals surface area contributed by atoms with E-state index in [-0.39, 0.29) is 10.6 Å². The topological polar surface area (TPSA) is 102 Å². The molecule has 30 heavy (non-hydrogen) atoms. The van der Waals surface area contributed by atoms with Gasteiger partial charge in [0.25, 0.3) is 5.91 Å². The molecular formula is C20H21FN2O6S. The Hall–Kier alpha value is -2.98. The van der Waals surface area contributed by atoms with E-state index in [1.54, 1.807) is 0 Å². The molecule has 2 aromatic carbocycles. The number of amides is 1. The number of carbonyl (C=O) groups is 2. The molecule has 8 nitrogen and oxygen atoms in total. The average molecular weight is 436 g/mol. The second-order valence-electron chi connectivity index (χ2n) is 6.59. The quantitative estimate of drug-likeness (QED) is 0.637. The summed E-state index contributed by atoms with van der Waals surface area (Å²) in [5.41, 5.74) is 0.368. The molecule has 0 spiro atoms. The second kappa shape index (κ2) is 9.68. The lowest BCUT2D eigenvalue weighted by Crippen LogP contribution is -2.27. The summed E-state index contributed by atoms with van der Waals surface area (Å²) >= 11 is 0. The molecule has 0 saturated carbocycles. The van der Waals surface area contributed by atoms with Crippen LogP contribution in [0.4, 0.5) is 10.1 Å². The van der Waals surface area contributed by atoms with Gasteiger partial charge in [-0.2, -0.15) is 4.31 Å². The second-order valence-corrected chi connectivity index (χ2v) is 8.53. The molecule has 0 unspecified atom stereocenters. The fourth-order valence-corrected chi connectivity index (χ4v) is 4.39. The van der Waals surface area contributed by atoms with Gasteiger partial charge < -0.3 is 14.8 Å². The summed E-state index contributed by atoms with van der Waals surface area (Å²) in [6.07, 6.45) is 1.69. The predicted octanol–water partition coefficient (Wildman–Crippen LogP) is 2.17. The highest BCUT2D eigenvalue weighted by Crippen LogP contribution is 2.22. The highest BCUT2D eigenvalue weighted by Gasteiger charge is 2.26. The molecule has 0 aromatic heterocycles. The number of ether oxygens (including phenoxy) is 2. The Morgan fingerprint density at radius 3 is 2.40 bits per heavy atom. The Kier molecular flexibility index (Phi) is 7.01.